The van der Waals surface area contributed by atoms with Crippen molar-refractivity contribution in [2.75, 3.05) is 7.11 Å². The lowest BCUT2D eigenvalue weighted by molar-refractivity contribution is -0.169. The van der Waals surface area contributed by atoms with E-state index in [-0.39, 0.29) is 5.92 Å². The van der Waals surface area contributed by atoms with Gasteiger partial charge in [0, 0.05) is 24.0 Å². The van der Waals surface area contributed by atoms with Crippen LogP contribution in [0.1, 0.15) is 32.6 Å². The van der Waals surface area contributed by atoms with E-state index in [1.807, 2.05) is 0 Å². The van der Waals surface area contributed by atoms with Gasteiger partial charge in [0.05, 0.1) is 13.0 Å². The first-order valence-electron chi connectivity index (χ1n) is 11.4. The van der Waals surface area contributed by atoms with Gasteiger partial charge in [-0.05, 0) is 55.7 Å². The number of carbonyl (C=O) groups is 4. The highest BCUT2D eigenvalue weighted by atomic mass is 16.6. The molecule has 8 heteroatoms. The molecule has 0 amide bonds. The Balaban J connectivity index is 1.67. The normalized spacial score (nSPS) is 45.0. The molecule has 0 N–H and O–H groups in total. The fraction of sp³-hybridized carbons (Fsp3) is 0.538. The third-order valence-corrected chi connectivity index (χ3v) is 9.12. The van der Waals surface area contributed by atoms with E-state index in [1.54, 1.807) is 19.1 Å². The Morgan fingerprint density at radius 1 is 1.21 bits per heavy atom. The molecule has 0 aromatic carbocycles. The predicted octanol–water partition coefficient (Wildman–Crippen LogP) is 2.59. The highest BCUT2D eigenvalue weighted by Gasteiger charge is 2.84. The smallest absolute Gasteiger partial charge is 0.331 e. The number of methoxy groups -OCH3 is 1. The van der Waals surface area contributed by atoms with Crippen molar-refractivity contribution in [3.63, 3.8) is 0 Å². The van der Waals surface area contributed by atoms with E-state index in [0.29, 0.717) is 25.7 Å². The highest BCUT2D eigenvalue weighted by Crippen LogP contribution is 2.78. The van der Waals surface area contributed by atoms with Crippen LogP contribution in [0.5, 0.6) is 0 Å². The maximum Gasteiger partial charge on any atom is 0.331 e. The number of fused-ring (bicyclic) bond motifs is 1. The van der Waals surface area contributed by atoms with E-state index in [9.17, 15) is 19.2 Å². The maximum absolute atomic E-state index is 13.5. The van der Waals surface area contributed by atoms with E-state index in [1.165, 1.54) is 7.11 Å². The van der Waals surface area contributed by atoms with Crippen LogP contribution in [0.2, 0.25) is 0 Å². The van der Waals surface area contributed by atoms with E-state index in [4.69, 9.17) is 18.9 Å². The van der Waals surface area contributed by atoms with Crippen LogP contribution < -0.4 is 0 Å². The van der Waals surface area contributed by atoms with E-state index in [2.05, 4.69) is 19.7 Å². The molecule has 1 spiro atoms. The zero-order chi connectivity index (χ0) is 24.7. The Morgan fingerprint density at radius 2 is 1.91 bits per heavy atom. The molecule has 8 atom stereocenters. The van der Waals surface area contributed by atoms with Crippen LogP contribution >= 0.6 is 0 Å². The number of hydrogen-bond donors (Lipinski definition) is 0. The molecule has 1 saturated heterocycles. The minimum Gasteiger partial charge on any atom is -0.469 e. The van der Waals surface area contributed by atoms with E-state index in [0.717, 1.165) is 17.7 Å². The van der Waals surface area contributed by atoms with Gasteiger partial charge in [-0.2, -0.15) is 0 Å². The number of ether oxygens (including phenoxy) is 4. The lowest BCUT2D eigenvalue weighted by atomic mass is 9.61. The summed E-state index contributed by atoms with van der Waals surface area (Å²) in [4.78, 5) is 51.1. The monoisotopic (exact) mass is 468 g/mol. The first-order chi connectivity index (χ1) is 16.0. The number of esters is 4. The van der Waals surface area contributed by atoms with Crippen molar-refractivity contribution >= 4 is 23.9 Å². The molecule has 0 aromatic heterocycles. The van der Waals surface area contributed by atoms with Gasteiger partial charge in [0.25, 0.3) is 0 Å². The van der Waals surface area contributed by atoms with Crippen LogP contribution in [0.3, 0.4) is 0 Å². The molecule has 4 bridgehead atoms. The second kappa shape index (κ2) is 6.93. The zero-order valence-corrected chi connectivity index (χ0v) is 19.3. The second-order valence-electron chi connectivity index (χ2n) is 10.3. The van der Waals surface area contributed by atoms with Crippen LogP contribution in [0.4, 0.5) is 0 Å². The van der Waals surface area contributed by atoms with Crippen LogP contribution in [0.15, 0.2) is 49.6 Å². The van der Waals surface area contributed by atoms with Crippen molar-refractivity contribution in [1.82, 2.24) is 0 Å². The van der Waals surface area contributed by atoms with E-state index < -0.39 is 63.8 Å². The van der Waals surface area contributed by atoms with Gasteiger partial charge in [-0.3, -0.25) is 9.59 Å². The quantitative estimate of drug-likeness (QED) is 0.262. The summed E-state index contributed by atoms with van der Waals surface area (Å²) in [5.41, 5.74) is -3.23. The van der Waals surface area contributed by atoms with Crippen molar-refractivity contribution < 1.29 is 38.1 Å². The van der Waals surface area contributed by atoms with Gasteiger partial charge in [-0.25, -0.2) is 9.59 Å². The molecule has 0 unspecified atom stereocenters. The number of carbonyl (C=O) groups excluding carboxylic acids is 4. The van der Waals surface area contributed by atoms with Crippen molar-refractivity contribution in [3.8, 4) is 0 Å². The Labute approximate surface area is 197 Å². The maximum atomic E-state index is 13.5. The van der Waals surface area contributed by atoms with Gasteiger partial charge in [0.2, 0.25) is 0 Å². The van der Waals surface area contributed by atoms with Crippen LogP contribution in [0.25, 0.3) is 0 Å². The van der Waals surface area contributed by atoms with Crippen LogP contribution in [0, 0.1) is 28.6 Å². The first-order valence-corrected chi connectivity index (χ1v) is 11.4. The van der Waals surface area contributed by atoms with Gasteiger partial charge in [-0.1, -0.05) is 19.7 Å². The Kier molecular flexibility index (Phi) is 4.61. The molecule has 34 heavy (non-hydrogen) atoms. The third kappa shape index (κ3) is 2.43. The summed E-state index contributed by atoms with van der Waals surface area (Å²) >= 11 is 0. The highest BCUT2D eigenvalue weighted by molar-refractivity contribution is 5.88. The Morgan fingerprint density at radius 3 is 2.56 bits per heavy atom. The molecule has 1 aliphatic heterocycles. The molecule has 5 aliphatic rings. The summed E-state index contributed by atoms with van der Waals surface area (Å²) in [7, 11) is 1.32. The molecule has 8 nitrogen and oxygen atoms in total. The van der Waals surface area contributed by atoms with E-state index >= 15 is 0 Å². The first kappa shape index (κ1) is 22.6. The number of hydrogen-bond acceptors (Lipinski definition) is 8. The van der Waals surface area contributed by atoms with Crippen molar-refractivity contribution in [3.05, 3.63) is 49.6 Å². The lowest BCUT2D eigenvalue weighted by Crippen LogP contribution is -2.52. The average Bonchev–Trinajstić information content (AvgIpc) is 3.24. The second-order valence-corrected chi connectivity index (χ2v) is 10.3. The molecule has 180 valence electrons. The summed E-state index contributed by atoms with van der Waals surface area (Å²) in [6.45, 7) is 12.9. The zero-order valence-electron chi connectivity index (χ0n) is 19.3. The standard InChI is InChI=1S/C26H28O8/c1-6-17(27)32-16-9-11-26-15-8-10-25(33-18(28)7-2)13-24(15,12-14(25)3)19(21(29)31-5)20(26)23(16,4)22(30)34-26/h6-7,9,11,15-16,19-20H,1-3,8,10,12-13H2,4-5H3/t15-,16+,19-,20-,23+,24+,25+,26-/m1/s1. The topological polar surface area (TPSA) is 105 Å². The average molecular weight is 469 g/mol. The Hall–Kier alpha value is -3.16. The molecule has 0 radical (unpaired) electrons. The largest absolute Gasteiger partial charge is 0.469 e. The van der Waals surface area contributed by atoms with Crippen molar-refractivity contribution in [2.24, 2.45) is 28.6 Å². The molecule has 1 heterocycles. The van der Waals surface area contributed by atoms with Gasteiger partial charge in [-0.15, -0.1) is 0 Å². The fourth-order valence-corrected chi connectivity index (χ4v) is 7.93. The lowest BCUT2D eigenvalue weighted by Gasteiger charge is -2.45. The molecular formula is C26H28O8. The van der Waals surface area contributed by atoms with Crippen molar-refractivity contribution in [2.45, 2.75) is 49.9 Å². The summed E-state index contributed by atoms with van der Waals surface area (Å²) in [5.74, 6) is -3.80. The molecule has 3 saturated carbocycles. The van der Waals surface area contributed by atoms with Gasteiger partial charge >= 0.3 is 23.9 Å². The minimum atomic E-state index is -1.30. The van der Waals surface area contributed by atoms with Gasteiger partial charge < -0.3 is 18.9 Å². The summed E-state index contributed by atoms with van der Waals surface area (Å²) in [6, 6.07) is 0. The van der Waals surface area contributed by atoms with Crippen LogP contribution in [-0.4, -0.2) is 48.3 Å². The molecule has 4 fully saturated rings. The fourth-order valence-electron chi connectivity index (χ4n) is 7.93. The van der Waals surface area contributed by atoms with Gasteiger partial charge in [0.15, 0.2) is 0 Å². The predicted molar refractivity (Wildman–Crippen MR) is 118 cm³/mol. The van der Waals surface area contributed by atoms with Crippen molar-refractivity contribution in [1.29, 1.82) is 0 Å². The third-order valence-electron chi connectivity index (χ3n) is 9.12. The summed E-state index contributed by atoms with van der Waals surface area (Å²) in [5, 5.41) is 0. The molecule has 4 aliphatic carbocycles. The minimum absolute atomic E-state index is 0.220. The van der Waals surface area contributed by atoms with Crippen LogP contribution in [-0.2, 0) is 38.1 Å². The molecular weight excluding hydrogens is 440 g/mol. The van der Waals surface area contributed by atoms with Gasteiger partial charge in [0.1, 0.15) is 22.7 Å². The molecule has 5 rings (SSSR count). The Bertz CT molecular complexity index is 1090. The summed E-state index contributed by atoms with van der Waals surface area (Å²) < 4.78 is 22.8. The summed E-state index contributed by atoms with van der Waals surface area (Å²) in [6.07, 6.45) is 6.57. The molecule has 0 aromatic rings. The number of rotatable bonds is 5. The SMILES string of the molecule is C=CC(=O)O[C@H]1C=C[C@]23OC(=O)[C@]1(C)[C@H]2[C@H](C(=O)OC)[C@]12CC(=C)[C@](OC(=O)C=C)(CC[C@H]13)C2.